The number of nitrogens with zero attached hydrogens (tertiary/aromatic N) is 3. The normalized spacial score (nSPS) is 18.0. The third kappa shape index (κ3) is 6.21. The van der Waals surface area contributed by atoms with Gasteiger partial charge < -0.3 is 20.0 Å². The van der Waals surface area contributed by atoms with Crippen LogP contribution in [0.5, 0.6) is 0 Å². The van der Waals surface area contributed by atoms with Crippen LogP contribution in [0.25, 0.3) is 11.1 Å². The minimum absolute atomic E-state index is 0.00654. The lowest BCUT2D eigenvalue weighted by molar-refractivity contribution is -0.143. The number of hydrogen-bond acceptors (Lipinski definition) is 5. The number of aromatic nitrogens is 1. The van der Waals surface area contributed by atoms with Crippen molar-refractivity contribution >= 4 is 17.4 Å². The van der Waals surface area contributed by atoms with Crippen molar-refractivity contribution in [2.75, 3.05) is 30.0 Å². The number of halogens is 7. The van der Waals surface area contributed by atoms with Gasteiger partial charge in [-0.25, -0.2) is 9.37 Å². The first-order chi connectivity index (χ1) is 19.4. The number of pyridine rings is 1. The molecule has 0 bridgehead atoms. The number of β-amino-alcohol motifs (C(OH)–C–C–N with tert-alkyl or cyclic N) is 1. The fourth-order valence-electron chi connectivity index (χ4n) is 5.06. The molecule has 2 heterocycles. The van der Waals surface area contributed by atoms with Gasteiger partial charge in [0.25, 0.3) is 0 Å². The Morgan fingerprint density at radius 1 is 1.00 bits per heavy atom. The van der Waals surface area contributed by atoms with Gasteiger partial charge in [0.1, 0.15) is 11.6 Å². The Balaban J connectivity index is 1.81. The Kier molecular flexibility index (Phi) is 8.31. The van der Waals surface area contributed by atoms with Crippen molar-refractivity contribution in [3.05, 3.63) is 77.2 Å². The summed E-state index contributed by atoms with van der Waals surface area (Å²) >= 11 is 0. The molecular weight excluding hydrogens is 571 g/mol. The van der Waals surface area contributed by atoms with Crippen molar-refractivity contribution in [3.63, 3.8) is 0 Å². The maximum atomic E-state index is 14.2. The number of rotatable bonds is 6. The lowest BCUT2D eigenvalue weighted by atomic mass is 9.81. The van der Waals surface area contributed by atoms with E-state index in [0.717, 1.165) is 4.90 Å². The van der Waals surface area contributed by atoms with E-state index in [1.165, 1.54) is 51.4 Å². The molecule has 2 aromatic carbocycles. The minimum atomic E-state index is -5.10. The van der Waals surface area contributed by atoms with Crippen LogP contribution in [0, 0.1) is 5.82 Å². The summed E-state index contributed by atoms with van der Waals surface area (Å²) in [6.07, 6.45) is -9.38. The number of likely N-dealkylation sites (N-methyl/N-ethyl adjacent to an activating group) is 1. The van der Waals surface area contributed by atoms with Crippen molar-refractivity contribution in [3.8, 4) is 11.1 Å². The quantitative estimate of drug-likeness (QED) is 0.351. The van der Waals surface area contributed by atoms with E-state index in [0.29, 0.717) is 23.5 Å². The first-order valence-corrected chi connectivity index (χ1v) is 12.8. The molecule has 2 atom stereocenters. The highest BCUT2D eigenvalue weighted by Gasteiger charge is 2.41. The highest BCUT2D eigenvalue weighted by Crippen LogP contribution is 2.41. The molecule has 0 saturated carbocycles. The lowest BCUT2D eigenvalue weighted by Gasteiger charge is -2.32. The van der Waals surface area contributed by atoms with Crippen LogP contribution in [-0.4, -0.2) is 53.4 Å². The van der Waals surface area contributed by atoms with Crippen molar-refractivity contribution in [1.29, 1.82) is 0 Å². The molecule has 0 unspecified atom stereocenters. The van der Waals surface area contributed by atoms with E-state index >= 15 is 0 Å². The molecule has 1 saturated heterocycles. The van der Waals surface area contributed by atoms with E-state index in [9.17, 15) is 45.7 Å². The lowest BCUT2D eigenvalue weighted by Crippen LogP contribution is -2.42. The molecule has 42 heavy (non-hydrogen) atoms. The number of hydrogen-bond donors (Lipinski definition) is 2. The average Bonchev–Trinajstić information content (AvgIpc) is 3.31. The van der Waals surface area contributed by atoms with Crippen molar-refractivity contribution in [2.24, 2.45) is 0 Å². The third-order valence-corrected chi connectivity index (χ3v) is 7.41. The zero-order valence-electron chi connectivity index (χ0n) is 22.8. The Hall–Kier alpha value is -3.71. The highest BCUT2D eigenvalue weighted by molar-refractivity contribution is 6.03. The molecular formula is C29H28F7N3O3. The van der Waals surface area contributed by atoms with Crippen molar-refractivity contribution in [1.82, 2.24) is 4.98 Å². The largest absolute Gasteiger partial charge is 0.416 e. The molecule has 226 valence electrons. The third-order valence-electron chi connectivity index (χ3n) is 7.41. The highest BCUT2D eigenvalue weighted by atomic mass is 19.4. The molecule has 13 heteroatoms. The molecule has 1 aromatic heterocycles. The van der Waals surface area contributed by atoms with E-state index in [4.69, 9.17) is 0 Å². The number of carbonyl (C=O) groups excluding carboxylic acids is 1. The topological polar surface area (TPSA) is 76.9 Å². The second-order valence-corrected chi connectivity index (χ2v) is 10.7. The van der Waals surface area contributed by atoms with Gasteiger partial charge in [-0.2, -0.15) is 26.3 Å². The van der Waals surface area contributed by atoms with Crippen LogP contribution in [0.4, 0.5) is 42.2 Å². The number of anilines is 2. The van der Waals surface area contributed by atoms with Gasteiger partial charge in [-0.05, 0) is 67.8 Å². The molecule has 0 aliphatic carbocycles. The average molecular weight is 600 g/mol. The fraction of sp³-hybridized carbons (Fsp3) is 0.379. The monoisotopic (exact) mass is 599 g/mol. The number of carbonyl (C=O) groups is 1. The second kappa shape index (κ2) is 11.2. The van der Waals surface area contributed by atoms with Crippen LogP contribution in [0.3, 0.4) is 0 Å². The van der Waals surface area contributed by atoms with Gasteiger partial charge in [-0.1, -0.05) is 12.1 Å². The van der Waals surface area contributed by atoms with Crippen LogP contribution in [0.1, 0.15) is 37.0 Å². The number of benzene rings is 2. The zero-order valence-corrected chi connectivity index (χ0v) is 22.8. The molecule has 1 fully saturated rings. The summed E-state index contributed by atoms with van der Waals surface area (Å²) in [6.45, 7) is 2.30. The number of amides is 1. The van der Waals surface area contributed by atoms with Gasteiger partial charge in [0.05, 0.1) is 47.2 Å². The van der Waals surface area contributed by atoms with Crippen molar-refractivity contribution in [2.45, 2.75) is 50.2 Å². The van der Waals surface area contributed by atoms with Gasteiger partial charge in [-0.3, -0.25) is 4.79 Å². The summed E-state index contributed by atoms with van der Waals surface area (Å²) < 4.78 is 95.4. The zero-order chi connectivity index (χ0) is 31.2. The summed E-state index contributed by atoms with van der Waals surface area (Å²) in [4.78, 5) is 20.9. The number of aliphatic hydroxyl groups excluding tert-OH is 2. The standard InChI is InChI=1S/C29H28F7N3O3/c1-27(2,17-8-18(28(31,32)33)10-19(9-17)29(34,35)36)26(42)38(3)24-13-37-25(39-14-22(41)11-21(39)15-40)12-23(24)16-5-4-6-20(30)7-16/h4-10,12-13,21-22,40-41H,11,14-15H2,1-3H3/t21-,22+/m0/s1. The van der Waals surface area contributed by atoms with E-state index in [1.807, 2.05) is 0 Å². The SMILES string of the molecule is CN(C(=O)C(C)(C)c1cc(C(F)(F)F)cc(C(F)(F)F)c1)c1cnc(N2C[C@H](O)C[C@H]2CO)cc1-c1cccc(F)c1. The second-order valence-electron chi connectivity index (χ2n) is 10.7. The van der Waals surface area contributed by atoms with Crippen LogP contribution in [-0.2, 0) is 22.6 Å². The minimum Gasteiger partial charge on any atom is -0.394 e. The summed E-state index contributed by atoms with van der Waals surface area (Å²) in [5, 5.41) is 19.9. The van der Waals surface area contributed by atoms with E-state index < -0.39 is 58.3 Å². The molecule has 1 amide bonds. The number of aliphatic hydroxyl groups is 2. The molecule has 0 radical (unpaired) electrons. The summed E-state index contributed by atoms with van der Waals surface area (Å²) in [5.74, 6) is -1.15. The molecule has 1 aliphatic heterocycles. The molecule has 2 N–H and O–H groups in total. The van der Waals surface area contributed by atoms with Crippen molar-refractivity contribution < 1.29 is 45.7 Å². The van der Waals surface area contributed by atoms with E-state index in [1.54, 1.807) is 11.0 Å². The first kappa shape index (κ1) is 31.2. The van der Waals surface area contributed by atoms with Gasteiger partial charge in [-0.15, -0.1) is 0 Å². The predicted octanol–water partition coefficient (Wildman–Crippen LogP) is 5.80. The Bertz CT molecular complexity index is 1440. The Morgan fingerprint density at radius 2 is 1.60 bits per heavy atom. The predicted molar refractivity (Wildman–Crippen MR) is 141 cm³/mol. The first-order valence-electron chi connectivity index (χ1n) is 12.8. The van der Waals surface area contributed by atoms with Crippen LogP contribution >= 0.6 is 0 Å². The van der Waals surface area contributed by atoms with E-state index in [-0.39, 0.29) is 36.9 Å². The number of alkyl halides is 6. The molecule has 4 rings (SSSR count). The molecule has 1 aliphatic rings. The van der Waals surface area contributed by atoms with Gasteiger partial charge >= 0.3 is 12.4 Å². The molecule has 3 aromatic rings. The van der Waals surface area contributed by atoms with Gasteiger partial charge in [0, 0.05) is 19.2 Å². The van der Waals surface area contributed by atoms with Gasteiger partial charge in [0.15, 0.2) is 0 Å². The maximum Gasteiger partial charge on any atom is 0.416 e. The fourth-order valence-corrected chi connectivity index (χ4v) is 5.06. The van der Waals surface area contributed by atoms with Crippen LogP contribution < -0.4 is 9.80 Å². The Morgan fingerprint density at radius 3 is 2.14 bits per heavy atom. The smallest absolute Gasteiger partial charge is 0.394 e. The summed E-state index contributed by atoms with van der Waals surface area (Å²) in [6, 6.07) is 7.47. The maximum absolute atomic E-state index is 14.2. The molecule has 0 spiro atoms. The summed E-state index contributed by atoms with van der Waals surface area (Å²) in [7, 11) is 1.29. The van der Waals surface area contributed by atoms with Gasteiger partial charge in [0.2, 0.25) is 5.91 Å². The van der Waals surface area contributed by atoms with Crippen LogP contribution in [0.15, 0.2) is 54.7 Å². The van der Waals surface area contributed by atoms with E-state index in [2.05, 4.69) is 4.98 Å². The van der Waals surface area contributed by atoms with Crippen LogP contribution in [0.2, 0.25) is 0 Å². The summed E-state index contributed by atoms with van der Waals surface area (Å²) in [5.41, 5.74) is -4.79. The Labute approximate surface area is 237 Å². The molecule has 6 nitrogen and oxygen atoms in total.